The van der Waals surface area contributed by atoms with Crippen molar-refractivity contribution in [2.24, 2.45) is 0 Å². The molecule has 29 heavy (non-hydrogen) atoms. The van der Waals surface area contributed by atoms with Gasteiger partial charge in [0.1, 0.15) is 12.4 Å². The number of nitrogens with zero attached hydrogens (tertiary/aromatic N) is 3. The van der Waals surface area contributed by atoms with Gasteiger partial charge in [0.25, 0.3) is 5.91 Å². The zero-order chi connectivity index (χ0) is 19.9. The Kier molecular flexibility index (Phi) is 5.97. The molecule has 4 rings (SSSR count). The molecule has 0 bridgehead atoms. The number of benzene rings is 2. The number of ether oxygens (including phenoxy) is 1. The van der Waals surface area contributed by atoms with Crippen LogP contribution in [0.5, 0.6) is 5.75 Å². The summed E-state index contributed by atoms with van der Waals surface area (Å²) in [6, 6.07) is 17.2. The highest BCUT2D eigenvalue weighted by Gasteiger charge is 2.06. The van der Waals surface area contributed by atoms with Crippen LogP contribution >= 0.6 is 11.3 Å². The predicted molar refractivity (Wildman–Crippen MR) is 112 cm³/mol. The zero-order valence-electron chi connectivity index (χ0n) is 15.7. The molecule has 0 saturated heterocycles. The first-order valence-corrected chi connectivity index (χ1v) is 10.2. The van der Waals surface area contributed by atoms with Crippen LogP contribution in [0, 0.1) is 0 Å². The third-order valence-corrected chi connectivity index (χ3v) is 5.03. The molecule has 4 aromatic rings. The summed E-state index contributed by atoms with van der Waals surface area (Å²) in [5.41, 5.74) is 5.46. The van der Waals surface area contributed by atoms with Crippen molar-refractivity contribution in [3.63, 3.8) is 0 Å². The Morgan fingerprint density at radius 1 is 1.10 bits per heavy atom. The highest BCUT2D eigenvalue weighted by atomic mass is 32.1. The summed E-state index contributed by atoms with van der Waals surface area (Å²) >= 11 is 1.54. The van der Waals surface area contributed by atoms with E-state index in [2.05, 4.69) is 27.5 Å². The molecule has 0 aliphatic heterocycles. The summed E-state index contributed by atoms with van der Waals surface area (Å²) in [5.74, 6) is 0.621. The molecule has 0 aliphatic rings. The molecule has 0 spiro atoms. The maximum Gasteiger partial charge on any atom is 0.251 e. The molecular formula is C22H20N4O2S. The first kappa shape index (κ1) is 18.9. The molecule has 2 aromatic heterocycles. The number of carbonyl (C=O) groups excluding carboxylic acids is 1. The average Bonchev–Trinajstić information content (AvgIpc) is 3.47. The number of rotatable bonds is 8. The molecule has 146 valence electrons. The molecule has 2 aromatic carbocycles. The van der Waals surface area contributed by atoms with Gasteiger partial charge in [-0.05, 0) is 54.4 Å². The number of amides is 1. The van der Waals surface area contributed by atoms with Gasteiger partial charge in [-0.3, -0.25) is 4.79 Å². The van der Waals surface area contributed by atoms with Gasteiger partial charge in [-0.1, -0.05) is 12.1 Å². The van der Waals surface area contributed by atoms with Crippen molar-refractivity contribution >= 4 is 17.2 Å². The van der Waals surface area contributed by atoms with Gasteiger partial charge in [0, 0.05) is 29.9 Å². The lowest BCUT2D eigenvalue weighted by Crippen LogP contribution is -2.25. The highest BCUT2D eigenvalue weighted by Crippen LogP contribution is 2.14. The fourth-order valence-electron chi connectivity index (χ4n) is 2.83. The molecule has 0 atom stereocenters. The van der Waals surface area contributed by atoms with E-state index in [4.69, 9.17) is 4.74 Å². The normalized spacial score (nSPS) is 10.6. The van der Waals surface area contributed by atoms with Crippen LogP contribution in [0.1, 0.15) is 21.6 Å². The smallest absolute Gasteiger partial charge is 0.251 e. The van der Waals surface area contributed by atoms with Crippen LogP contribution in [0.25, 0.3) is 5.69 Å². The number of aromatic nitrogens is 3. The van der Waals surface area contributed by atoms with E-state index in [9.17, 15) is 4.79 Å². The third kappa shape index (κ3) is 5.08. The van der Waals surface area contributed by atoms with Crippen molar-refractivity contribution in [1.29, 1.82) is 0 Å². The zero-order valence-corrected chi connectivity index (χ0v) is 16.5. The quantitative estimate of drug-likeness (QED) is 0.484. The molecule has 2 heterocycles. The Bertz CT molecular complexity index is 1030. The maximum absolute atomic E-state index is 12.3. The lowest BCUT2D eigenvalue weighted by atomic mass is 10.1. The first-order chi connectivity index (χ1) is 14.3. The Morgan fingerprint density at radius 3 is 2.62 bits per heavy atom. The van der Waals surface area contributed by atoms with E-state index in [1.807, 2.05) is 34.5 Å². The van der Waals surface area contributed by atoms with Gasteiger partial charge in [-0.15, -0.1) is 11.3 Å². The van der Waals surface area contributed by atoms with E-state index in [1.54, 1.807) is 36.0 Å². The topological polar surface area (TPSA) is 69.0 Å². The van der Waals surface area contributed by atoms with E-state index < -0.39 is 0 Å². The number of nitrogens with one attached hydrogen (secondary N) is 1. The lowest BCUT2D eigenvalue weighted by Gasteiger charge is -2.08. The SMILES string of the molecule is O=C(NCCc1ccc(-n2cccn2)cc1)c1ccc(OCc2cscn2)cc1. The largest absolute Gasteiger partial charge is 0.487 e. The molecule has 0 unspecified atom stereocenters. The Labute approximate surface area is 172 Å². The fraction of sp³-hybridized carbons (Fsp3) is 0.136. The molecule has 0 radical (unpaired) electrons. The minimum atomic E-state index is -0.0933. The summed E-state index contributed by atoms with van der Waals surface area (Å²) in [6.45, 7) is 0.996. The summed E-state index contributed by atoms with van der Waals surface area (Å²) in [6.07, 6.45) is 4.42. The van der Waals surface area contributed by atoms with Gasteiger partial charge in [-0.25, -0.2) is 9.67 Å². The van der Waals surface area contributed by atoms with E-state index >= 15 is 0 Å². The first-order valence-electron chi connectivity index (χ1n) is 9.25. The van der Waals surface area contributed by atoms with E-state index in [1.165, 1.54) is 11.3 Å². The molecule has 7 heteroatoms. The maximum atomic E-state index is 12.3. The standard InChI is InChI=1S/C22H20N4O2S/c27-22(18-4-8-21(9-5-18)28-14-19-15-29-16-24-19)23-12-10-17-2-6-20(7-3-17)26-13-1-11-25-26/h1-9,11,13,15-16H,10,12,14H2,(H,23,27). The van der Waals surface area contributed by atoms with Crippen molar-refractivity contribution in [3.05, 3.63) is 94.7 Å². The molecule has 0 saturated carbocycles. The molecule has 1 amide bonds. The molecular weight excluding hydrogens is 384 g/mol. The van der Waals surface area contributed by atoms with Crippen LogP contribution in [0.2, 0.25) is 0 Å². The average molecular weight is 404 g/mol. The van der Waals surface area contributed by atoms with Crippen molar-refractivity contribution in [2.75, 3.05) is 6.54 Å². The lowest BCUT2D eigenvalue weighted by molar-refractivity contribution is 0.0954. The van der Waals surface area contributed by atoms with Crippen LogP contribution in [-0.2, 0) is 13.0 Å². The number of hydrogen-bond acceptors (Lipinski definition) is 5. The number of hydrogen-bond donors (Lipinski definition) is 1. The van der Waals surface area contributed by atoms with Crippen LogP contribution in [-0.4, -0.2) is 27.2 Å². The van der Waals surface area contributed by atoms with Crippen LogP contribution in [0.3, 0.4) is 0 Å². The van der Waals surface area contributed by atoms with Gasteiger partial charge in [0.2, 0.25) is 0 Å². The summed E-state index contributed by atoms with van der Waals surface area (Å²) in [4.78, 5) is 16.5. The Hall–Kier alpha value is -3.45. The van der Waals surface area contributed by atoms with Crippen molar-refractivity contribution < 1.29 is 9.53 Å². The van der Waals surface area contributed by atoms with Crippen molar-refractivity contribution in [2.45, 2.75) is 13.0 Å². The summed E-state index contributed by atoms with van der Waals surface area (Å²) in [5, 5.41) is 9.12. The second kappa shape index (κ2) is 9.16. The third-order valence-electron chi connectivity index (χ3n) is 4.39. The Balaban J connectivity index is 1.24. The number of thiazole rings is 1. The minimum Gasteiger partial charge on any atom is -0.487 e. The highest BCUT2D eigenvalue weighted by molar-refractivity contribution is 7.07. The molecule has 6 nitrogen and oxygen atoms in total. The van der Waals surface area contributed by atoms with E-state index in [0.29, 0.717) is 24.5 Å². The molecule has 0 fully saturated rings. The summed E-state index contributed by atoms with van der Waals surface area (Å²) < 4.78 is 7.48. The van der Waals surface area contributed by atoms with Gasteiger partial charge in [0.05, 0.1) is 16.9 Å². The van der Waals surface area contributed by atoms with Crippen molar-refractivity contribution in [1.82, 2.24) is 20.1 Å². The predicted octanol–water partition coefficient (Wildman–Crippen LogP) is 3.88. The van der Waals surface area contributed by atoms with Gasteiger partial charge in [0.15, 0.2) is 0 Å². The van der Waals surface area contributed by atoms with Gasteiger partial charge in [-0.2, -0.15) is 5.10 Å². The van der Waals surface area contributed by atoms with Crippen LogP contribution in [0.15, 0.2) is 77.9 Å². The second-order valence-electron chi connectivity index (χ2n) is 6.42. The fourth-order valence-corrected chi connectivity index (χ4v) is 3.37. The van der Waals surface area contributed by atoms with Crippen LogP contribution < -0.4 is 10.1 Å². The van der Waals surface area contributed by atoms with E-state index in [-0.39, 0.29) is 5.91 Å². The van der Waals surface area contributed by atoms with Gasteiger partial charge < -0.3 is 10.1 Å². The summed E-state index contributed by atoms with van der Waals surface area (Å²) in [7, 11) is 0. The van der Waals surface area contributed by atoms with Crippen molar-refractivity contribution in [3.8, 4) is 11.4 Å². The Morgan fingerprint density at radius 2 is 1.93 bits per heavy atom. The second-order valence-corrected chi connectivity index (χ2v) is 7.13. The molecule has 0 aliphatic carbocycles. The molecule has 1 N–H and O–H groups in total. The minimum absolute atomic E-state index is 0.0933. The van der Waals surface area contributed by atoms with Gasteiger partial charge >= 0.3 is 0 Å². The monoisotopic (exact) mass is 404 g/mol. The number of carbonyl (C=O) groups is 1. The van der Waals surface area contributed by atoms with E-state index in [0.717, 1.165) is 23.4 Å². The van der Waals surface area contributed by atoms with Crippen LogP contribution in [0.4, 0.5) is 0 Å².